The van der Waals surface area contributed by atoms with Gasteiger partial charge >= 0.3 is 0 Å². The molecule has 0 radical (unpaired) electrons. The summed E-state index contributed by atoms with van der Waals surface area (Å²) in [5, 5.41) is 6.94. The highest BCUT2D eigenvalue weighted by molar-refractivity contribution is 5.79. The summed E-state index contributed by atoms with van der Waals surface area (Å²) < 4.78 is 2.05. The molecule has 2 N–H and O–H groups in total. The number of benzene rings is 1. The van der Waals surface area contributed by atoms with Crippen molar-refractivity contribution in [2.75, 3.05) is 25.0 Å². The lowest BCUT2D eigenvalue weighted by Crippen LogP contribution is -2.28. The Kier molecular flexibility index (Phi) is 3.69. The van der Waals surface area contributed by atoms with Crippen molar-refractivity contribution >= 4 is 16.7 Å². The summed E-state index contributed by atoms with van der Waals surface area (Å²) in [6.45, 7) is 3.43. The Labute approximate surface area is 114 Å². The monoisotopic (exact) mass is 258 g/mol. The molecule has 0 bridgehead atoms. The van der Waals surface area contributed by atoms with E-state index < -0.39 is 0 Å². The Morgan fingerprint density at radius 2 is 2.21 bits per heavy atom. The van der Waals surface area contributed by atoms with E-state index in [1.165, 1.54) is 43.6 Å². The maximum atomic E-state index is 4.39. The number of nitrogens with one attached hydrogen (secondary N) is 2. The molecule has 3 rings (SSSR count). The van der Waals surface area contributed by atoms with Crippen molar-refractivity contribution < 1.29 is 0 Å². The first-order valence-corrected chi connectivity index (χ1v) is 7.18. The molecule has 102 valence electrons. The molecule has 0 amide bonds. The largest absolute Gasteiger partial charge is 0.385 e. The highest BCUT2D eigenvalue weighted by Gasteiger charge is 2.12. The van der Waals surface area contributed by atoms with Crippen molar-refractivity contribution in [1.29, 1.82) is 0 Å². The number of rotatable bonds is 4. The number of hydrogen-bond donors (Lipinski definition) is 2. The summed E-state index contributed by atoms with van der Waals surface area (Å²) >= 11 is 0. The lowest BCUT2D eigenvalue weighted by atomic mass is 9.95. The average molecular weight is 258 g/mol. The van der Waals surface area contributed by atoms with Gasteiger partial charge in [-0.1, -0.05) is 0 Å². The number of imidazole rings is 1. The maximum Gasteiger partial charge on any atom is 0.0955 e. The second kappa shape index (κ2) is 5.61. The summed E-state index contributed by atoms with van der Waals surface area (Å²) in [7, 11) is 2.03. The first-order chi connectivity index (χ1) is 9.33. The van der Waals surface area contributed by atoms with E-state index >= 15 is 0 Å². The maximum absolute atomic E-state index is 4.39. The van der Waals surface area contributed by atoms with Crippen LogP contribution in [0.2, 0.25) is 0 Å². The van der Waals surface area contributed by atoms with E-state index in [4.69, 9.17) is 0 Å². The molecule has 0 unspecified atom stereocenters. The van der Waals surface area contributed by atoms with Crippen LogP contribution in [0.25, 0.3) is 11.0 Å². The smallest absolute Gasteiger partial charge is 0.0955 e. The van der Waals surface area contributed by atoms with Gasteiger partial charge in [0, 0.05) is 19.3 Å². The van der Waals surface area contributed by atoms with E-state index in [-0.39, 0.29) is 0 Å². The summed E-state index contributed by atoms with van der Waals surface area (Å²) in [4.78, 5) is 4.39. The topological polar surface area (TPSA) is 41.9 Å². The normalized spacial score (nSPS) is 16.9. The molecule has 19 heavy (non-hydrogen) atoms. The molecule has 2 heterocycles. The van der Waals surface area contributed by atoms with Crippen LogP contribution in [-0.4, -0.2) is 29.2 Å². The lowest BCUT2D eigenvalue weighted by molar-refractivity contribution is 0.361. The van der Waals surface area contributed by atoms with Gasteiger partial charge < -0.3 is 15.2 Å². The number of nitrogens with zero attached hydrogens (tertiary/aromatic N) is 2. The van der Waals surface area contributed by atoms with E-state index in [1.807, 2.05) is 17.9 Å². The van der Waals surface area contributed by atoms with Gasteiger partial charge in [-0.15, -0.1) is 0 Å². The van der Waals surface area contributed by atoms with Crippen LogP contribution >= 0.6 is 0 Å². The van der Waals surface area contributed by atoms with Crippen LogP contribution in [0.3, 0.4) is 0 Å². The molecule has 1 aromatic heterocycles. The van der Waals surface area contributed by atoms with Gasteiger partial charge in [-0.05, 0) is 56.5 Å². The van der Waals surface area contributed by atoms with E-state index in [0.717, 1.165) is 18.0 Å². The van der Waals surface area contributed by atoms with Gasteiger partial charge in [0.2, 0.25) is 0 Å². The lowest BCUT2D eigenvalue weighted by Gasteiger charge is -2.22. The molecule has 0 aliphatic carbocycles. The zero-order chi connectivity index (χ0) is 13.1. The predicted octanol–water partition coefficient (Wildman–Crippen LogP) is 2.37. The zero-order valence-electron chi connectivity index (χ0n) is 11.5. The molecule has 0 spiro atoms. The zero-order valence-corrected chi connectivity index (χ0v) is 11.5. The minimum Gasteiger partial charge on any atom is -0.385 e. The Hall–Kier alpha value is -1.55. The molecule has 1 aliphatic rings. The van der Waals surface area contributed by atoms with Gasteiger partial charge in [0.05, 0.1) is 17.4 Å². The van der Waals surface area contributed by atoms with Gasteiger partial charge in [0.15, 0.2) is 0 Å². The Morgan fingerprint density at radius 3 is 3.05 bits per heavy atom. The third-order valence-electron chi connectivity index (χ3n) is 4.07. The molecule has 1 aromatic carbocycles. The molecule has 1 saturated heterocycles. The van der Waals surface area contributed by atoms with Crippen molar-refractivity contribution in [3.63, 3.8) is 0 Å². The first kappa shape index (κ1) is 12.5. The predicted molar refractivity (Wildman–Crippen MR) is 79.4 cm³/mol. The molecule has 1 aliphatic heterocycles. The highest BCUT2D eigenvalue weighted by Crippen LogP contribution is 2.19. The average Bonchev–Trinajstić information content (AvgIpc) is 2.81. The summed E-state index contributed by atoms with van der Waals surface area (Å²) in [6.07, 6.45) is 5.77. The fourth-order valence-corrected chi connectivity index (χ4v) is 2.84. The van der Waals surface area contributed by atoms with Crippen LogP contribution in [-0.2, 0) is 7.05 Å². The van der Waals surface area contributed by atoms with Crippen molar-refractivity contribution in [3.05, 3.63) is 24.5 Å². The molecule has 2 aromatic rings. The molecule has 1 fully saturated rings. The van der Waals surface area contributed by atoms with Crippen LogP contribution in [0.4, 0.5) is 5.69 Å². The van der Waals surface area contributed by atoms with Crippen molar-refractivity contribution in [2.24, 2.45) is 13.0 Å². The van der Waals surface area contributed by atoms with Gasteiger partial charge in [0.1, 0.15) is 0 Å². The molecular formula is C15H22N4. The van der Waals surface area contributed by atoms with Crippen LogP contribution in [0, 0.1) is 5.92 Å². The first-order valence-electron chi connectivity index (χ1n) is 7.18. The fraction of sp³-hybridized carbons (Fsp3) is 0.533. The van der Waals surface area contributed by atoms with Gasteiger partial charge in [-0.2, -0.15) is 0 Å². The summed E-state index contributed by atoms with van der Waals surface area (Å²) in [6, 6.07) is 6.42. The summed E-state index contributed by atoms with van der Waals surface area (Å²) in [5.74, 6) is 0.882. The van der Waals surface area contributed by atoms with Crippen LogP contribution in [0.15, 0.2) is 24.5 Å². The number of anilines is 1. The quantitative estimate of drug-likeness (QED) is 0.884. The third-order valence-corrected chi connectivity index (χ3v) is 4.07. The van der Waals surface area contributed by atoms with E-state index in [1.54, 1.807) is 0 Å². The van der Waals surface area contributed by atoms with Crippen LogP contribution in [0.5, 0.6) is 0 Å². The minimum absolute atomic E-state index is 0.882. The van der Waals surface area contributed by atoms with Gasteiger partial charge in [-0.25, -0.2) is 4.98 Å². The standard InChI is InChI=1S/C15H22N4/c1-19-11-18-14-10-13(2-3-15(14)19)17-9-6-12-4-7-16-8-5-12/h2-3,10-12,16-17H,4-9H2,1H3. The Bertz CT molecular complexity index is 540. The fourth-order valence-electron chi connectivity index (χ4n) is 2.84. The number of fused-ring (bicyclic) bond motifs is 1. The van der Waals surface area contributed by atoms with E-state index in [0.29, 0.717) is 0 Å². The molecule has 0 atom stereocenters. The van der Waals surface area contributed by atoms with E-state index in [2.05, 4.69) is 33.8 Å². The Balaban J connectivity index is 1.56. The number of piperidine rings is 1. The van der Waals surface area contributed by atoms with Crippen molar-refractivity contribution in [2.45, 2.75) is 19.3 Å². The highest BCUT2D eigenvalue weighted by atomic mass is 15.0. The van der Waals surface area contributed by atoms with Crippen molar-refractivity contribution in [1.82, 2.24) is 14.9 Å². The SMILES string of the molecule is Cn1cnc2cc(NCCC3CCNCC3)ccc21. The van der Waals surface area contributed by atoms with Gasteiger partial charge in [0.25, 0.3) is 0 Å². The summed E-state index contributed by atoms with van der Waals surface area (Å²) in [5.41, 5.74) is 3.43. The molecular weight excluding hydrogens is 236 g/mol. The van der Waals surface area contributed by atoms with Crippen molar-refractivity contribution in [3.8, 4) is 0 Å². The second-order valence-electron chi connectivity index (χ2n) is 5.47. The molecule has 0 saturated carbocycles. The molecule has 4 nitrogen and oxygen atoms in total. The number of aromatic nitrogens is 2. The second-order valence-corrected chi connectivity index (χ2v) is 5.47. The number of hydrogen-bond acceptors (Lipinski definition) is 3. The van der Waals surface area contributed by atoms with Crippen LogP contribution in [0.1, 0.15) is 19.3 Å². The Morgan fingerprint density at radius 1 is 1.37 bits per heavy atom. The molecule has 4 heteroatoms. The van der Waals surface area contributed by atoms with Gasteiger partial charge in [-0.3, -0.25) is 0 Å². The third kappa shape index (κ3) is 2.89. The van der Waals surface area contributed by atoms with E-state index in [9.17, 15) is 0 Å². The minimum atomic E-state index is 0.882. The number of aryl methyl sites for hydroxylation is 1. The van der Waals surface area contributed by atoms with Crippen LogP contribution < -0.4 is 10.6 Å².